The average Bonchev–Trinajstić information content (AvgIpc) is 2.23. The molecule has 1 amide bonds. The molecule has 5 nitrogen and oxygen atoms in total. The van der Waals surface area contributed by atoms with E-state index in [1.165, 1.54) is 18.2 Å². The quantitative estimate of drug-likeness (QED) is 0.763. The summed E-state index contributed by atoms with van der Waals surface area (Å²) in [6.07, 6.45) is 0. The van der Waals surface area contributed by atoms with E-state index < -0.39 is 24.2 Å². The second-order valence-corrected chi connectivity index (χ2v) is 2.92. The van der Waals surface area contributed by atoms with Gasteiger partial charge in [-0.3, -0.25) is 9.59 Å². The molecule has 0 aliphatic rings. The minimum Gasteiger partial charge on any atom is -0.484 e. The van der Waals surface area contributed by atoms with E-state index in [0.717, 1.165) is 6.07 Å². The van der Waals surface area contributed by atoms with Crippen LogP contribution in [0.15, 0.2) is 24.3 Å². The molecule has 0 aliphatic heterocycles. The molecule has 0 atom stereocenters. The van der Waals surface area contributed by atoms with Crippen LogP contribution < -0.4 is 10.1 Å². The van der Waals surface area contributed by atoms with Crippen LogP contribution in [0.2, 0.25) is 0 Å². The van der Waals surface area contributed by atoms with E-state index in [9.17, 15) is 14.0 Å². The monoisotopic (exact) mass is 227 g/mol. The summed E-state index contributed by atoms with van der Waals surface area (Å²) in [5.41, 5.74) is 0. The Kier molecular flexibility index (Phi) is 4.26. The van der Waals surface area contributed by atoms with Crippen molar-refractivity contribution in [2.45, 2.75) is 0 Å². The minimum atomic E-state index is -1.14. The molecule has 0 unspecified atom stereocenters. The number of hydrogen-bond donors (Lipinski definition) is 2. The molecule has 6 heteroatoms. The summed E-state index contributed by atoms with van der Waals surface area (Å²) in [4.78, 5) is 21.1. The van der Waals surface area contributed by atoms with E-state index in [4.69, 9.17) is 9.84 Å². The molecule has 2 N–H and O–H groups in total. The number of nitrogens with one attached hydrogen (secondary N) is 1. The summed E-state index contributed by atoms with van der Waals surface area (Å²) in [5.74, 6) is -1.97. The number of rotatable bonds is 5. The van der Waals surface area contributed by atoms with Crippen LogP contribution in [0.5, 0.6) is 5.75 Å². The first-order valence-corrected chi connectivity index (χ1v) is 4.45. The zero-order valence-corrected chi connectivity index (χ0v) is 8.27. The molecule has 0 saturated heterocycles. The first-order chi connectivity index (χ1) is 7.58. The standard InChI is InChI=1S/C10H10FNO4/c11-7-2-1-3-8(4-7)16-6-9(13)12-5-10(14)15/h1-4H,5-6H2,(H,12,13)(H,14,15). The van der Waals surface area contributed by atoms with Gasteiger partial charge in [0.2, 0.25) is 0 Å². The van der Waals surface area contributed by atoms with Crippen molar-refractivity contribution < 1.29 is 23.8 Å². The second-order valence-electron chi connectivity index (χ2n) is 2.92. The van der Waals surface area contributed by atoms with Gasteiger partial charge in [0.05, 0.1) is 0 Å². The van der Waals surface area contributed by atoms with Gasteiger partial charge < -0.3 is 15.2 Å². The summed E-state index contributed by atoms with van der Waals surface area (Å²) in [5, 5.41) is 10.4. The zero-order chi connectivity index (χ0) is 12.0. The van der Waals surface area contributed by atoms with Crippen LogP contribution in [0.1, 0.15) is 0 Å². The highest BCUT2D eigenvalue weighted by molar-refractivity contribution is 5.82. The van der Waals surface area contributed by atoms with E-state index in [0.29, 0.717) is 0 Å². The molecule has 0 fully saturated rings. The third-order valence-electron chi connectivity index (χ3n) is 1.60. The van der Waals surface area contributed by atoms with Crippen molar-refractivity contribution in [1.82, 2.24) is 5.32 Å². The van der Waals surface area contributed by atoms with Crippen LogP contribution in [0, 0.1) is 5.82 Å². The molecule has 16 heavy (non-hydrogen) atoms. The van der Waals surface area contributed by atoms with Gasteiger partial charge >= 0.3 is 5.97 Å². The lowest BCUT2D eigenvalue weighted by Crippen LogP contribution is -2.33. The number of carboxylic acid groups (broad SMARTS) is 1. The number of ether oxygens (including phenoxy) is 1. The van der Waals surface area contributed by atoms with Crippen LogP contribution in [0.4, 0.5) is 4.39 Å². The zero-order valence-electron chi connectivity index (χ0n) is 8.27. The molecule has 0 bridgehead atoms. The normalized spacial score (nSPS) is 9.56. The van der Waals surface area contributed by atoms with E-state index in [-0.39, 0.29) is 12.4 Å². The molecule has 0 saturated carbocycles. The maximum atomic E-state index is 12.7. The van der Waals surface area contributed by atoms with Crippen molar-refractivity contribution in [2.24, 2.45) is 0 Å². The van der Waals surface area contributed by atoms with Crippen molar-refractivity contribution in [2.75, 3.05) is 13.2 Å². The predicted octanol–water partition coefficient (Wildman–Crippen LogP) is 0.405. The molecule has 1 aromatic rings. The SMILES string of the molecule is O=C(O)CNC(=O)COc1cccc(F)c1. The largest absolute Gasteiger partial charge is 0.484 e. The van der Waals surface area contributed by atoms with Crippen LogP contribution in [0.25, 0.3) is 0 Å². The van der Waals surface area contributed by atoms with Crippen LogP contribution in [-0.4, -0.2) is 30.1 Å². The molecular weight excluding hydrogens is 217 g/mol. The predicted molar refractivity (Wildman–Crippen MR) is 52.5 cm³/mol. The summed E-state index contributed by atoms with van der Waals surface area (Å²) in [7, 11) is 0. The fourth-order valence-corrected chi connectivity index (χ4v) is 0.931. The number of carbonyl (C=O) groups is 2. The minimum absolute atomic E-state index is 0.213. The Morgan fingerprint density at radius 2 is 2.19 bits per heavy atom. The topological polar surface area (TPSA) is 75.6 Å². The molecule has 1 aromatic carbocycles. The maximum absolute atomic E-state index is 12.7. The lowest BCUT2D eigenvalue weighted by Gasteiger charge is -2.05. The van der Waals surface area contributed by atoms with Crippen molar-refractivity contribution in [3.63, 3.8) is 0 Å². The smallest absolute Gasteiger partial charge is 0.322 e. The highest BCUT2D eigenvalue weighted by Gasteiger charge is 2.04. The molecule has 0 spiro atoms. The van der Waals surface area contributed by atoms with Crippen molar-refractivity contribution >= 4 is 11.9 Å². The third-order valence-corrected chi connectivity index (χ3v) is 1.60. The van der Waals surface area contributed by atoms with E-state index in [2.05, 4.69) is 5.32 Å². The molecule has 86 valence electrons. The number of benzene rings is 1. The third kappa shape index (κ3) is 4.41. The van der Waals surface area contributed by atoms with Gasteiger partial charge in [-0.25, -0.2) is 4.39 Å². The Hall–Kier alpha value is -2.11. The maximum Gasteiger partial charge on any atom is 0.322 e. The number of halogens is 1. The molecular formula is C10H10FNO4. The van der Waals surface area contributed by atoms with Gasteiger partial charge in [-0.15, -0.1) is 0 Å². The number of amides is 1. The van der Waals surface area contributed by atoms with Crippen molar-refractivity contribution in [3.8, 4) is 5.75 Å². The fourth-order valence-electron chi connectivity index (χ4n) is 0.931. The molecule has 0 radical (unpaired) electrons. The molecule has 0 aliphatic carbocycles. The Bertz CT molecular complexity index is 394. The van der Waals surface area contributed by atoms with Gasteiger partial charge in [-0.05, 0) is 12.1 Å². The molecule has 0 aromatic heterocycles. The van der Waals surface area contributed by atoms with Gasteiger partial charge in [0, 0.05) is 6.07 Å². The molecule has 0 heterocycles. The summed E-state index contributed by atoms with van der Waals surface area (Å²) in [6, 6.07) is 5.31. The number of carboxylic acids is 1. The van der Waals surface area contributed by atoms with Crippen molar-refractivity contribution in [1.29, 1.82) is 0 Å². The Morgan fingerprint density at radius 3 is 2.81 bits per heavy atom. The lowest BCUT2D eigenvalue weighted by molar-refractivity contribution is -0.138. The lowest BCUT2D eigenvalue weighted by atomic mass is 10.3. The Labute approximate surface area is 90.8 Å². The first kappa shape index (κ1) is 12.0. The fraction of sp³-hybridized carbons (Fsp3) is 0.200. The van der Waals surface area contributed by atoms with E-state index in [1.54, 1.807) is 0 Å². The summed E-state index contributed by atoms with van der Waals surface area (Å²) < 4.78 is 17.6. The number of carbonyl (C=O) groups excluding carboxylic acids is 1. The Morgan fingerprint density at radius 1 is 1.44 bits per heavy atom. The van der Waals surface area contributed by atoms with Gasteiger partial charge in [0.25, 0.3) is 5.91 Å². The van der Waals surface area contributed by atoms with Gasteiger partial charge in [-0.1, -0.05) is 6.07 Å². The van der Waals surface area contributed by atoms with Gasteiger partial charge in [0.1, 0.15) is 18.1 Å². The second kappa shape index (κ2) is 5.69. The number of hydrogen-bond acceptors (Lipinski definition) is 3. The van der Waals surface area contributed by atoms with E-state index in [1.807, 2.05) is 0 Å². The van der Waals surface area contributed by atoms with Crippen LogP contribution in [-0.2, 0) is 9.59 Å². The van der Waals surface area contributed by atoms with E-state index >= 15 is 0 Å². The number of aliphatic carboxylic acids is 1. The summed E-state index contributed by atoms with van der Waals surface area (Å²) in [6.45, 7) is -0.817. The molecule has 1 rings (SSSR count). The highest BCUT2D eigenvalue weighted by Crippen LogP contribution is 2.11. The van der Waals surface area contributed by atoms with Gasteiger partial charge in [0.15, 0.2) is 6.61 Å². The first-order valence-electron chi connectivity index (χ1n) is 4.45. The highest BCUT2D eigenvalue weighted by atomic mass is 19.1. The van der Waals surface area contributed by atoms with Gasteiger partial charge in [-0.2, -0.15) is 0 Å². The van der Waals surface area contributed by atoms with Crippen molar-refractivity contribution in [3.05, 3.63) is 30.1 Å². The van der Waals surface area contributed by atoms with Crippen LogP contribution in [0.3, 0.4) is 0 Å². The average molecular weight is 227 g/mol. The summed E-state index contributed by atoms with van der Waals surface area (Å²) >= 11 is 0. The Balaban J connectivity index is 2.34. The van der Waals surface area contributed by atoms with Crippen LogP contribution >= 0.6 is 0 Å².